The molecule has 0 unspecified atom stereocenters. The highest BCUT2D eigenvalue weighted by molar-refractivity contribution is 7.99. The summed E-state index contributed by atoms with van der Waals surface area (Å²) in [6.45, 7) is 6.42. The minimum atomic E-state index is 1.30. The molecule has 1 heteroatoms. The number of hydrogen-bond acceptors (Lipinski definition) is 1. The molecule has 16 heavy (non-hydrogen) atoms. The van der Waals surface area contributed by atoms with Crippen LogP contribution >= 0.6 is 11.8 Å². The number of aryl methyl sites for hydroxylation is 3. The highest BCUT2D eigenvalue weighted by Gasteiger charge is 2.00. The lowest BCUT2D eigenvalue weighted by Crippen LogP contribution is -1.82. The molecule has 82 valence electrons. The maximum Gasteiger partial charge on any atom is 0.0151 e. The third kappa shape index (κ3) is 2.67. The summed E-state index contributed by atoms with van der Waals surface area (Å²) < 4.78 is 0. The molecule has 2 aromatic rings. The molecule has 0 heterocycles. The fourth-order valence-corrected chi connectivity index (χ4v) is 2.53. The zero-order chi connectivity index (χ0) is 11.5. The van der Waals surface area contributed by atoms with Crippen LogP contribution in [0.3, 0.4) is 0 Å². The molecule has 0 saturated carbocycles. The fraction of sp³-hybridized carbons (Fsp3) is 0.200. The van der Waals surface area contributed by atoms with Gasteiger partial charge < -0.3 is 0 Å². The van der Waals surface area contributed by atoms with Crippen LogP contribution in [0, 0.1) is 20.8 Å². The quantitative estimate of drug-likeness (QED) is 0.714. The lowest BCUT2D eigenvalue weighted by atomic mass is 10.2. The van der Waals surface area contributed by atoms with E-state index in [1.807, 2.05) is 11.8 Å². The molecule has 0 aliphatic heterocycles. The van der Waals surface area contributed by atoms with Crippen LogP contribution < -0.4 is 0 Å². The summed E-state index contributed by atoms with van der Waals surface area (Å²) in [7, 11) is 0. The minimum absolute atomic E-state index is 1.30. The topological polar surface area (TPSA) is 0 Å². The van der Waals surface area contributed by atoms with Gasteiger partial charge in [0.1, 0.15) is 0 Å². The average molecular weight is 228 g/mol. The van der Waals surface area contributed by atoms with Gasteiger partial charge in [0.15, 0.2) is 0 Å². The van der Waals surface area contributed by atoms with Gasteiger partial charge in [-0.3, -0.25) is 0 Å². The Morgan fingerprint density at radius 2 is 1.38 bits per heavy atom. The third-order valence-electron chi connectivity index (χ3n) is 2.58. The largest absolute Gasteiger partial charge is 0.0898 e. The monoisotopic (exact) mass is 228 g/mol. The van der Waals surface area contributed by atoms with Crippen molar-refractivity contribution in [2.24, 2.45) is 0 Å². The van der Waals surface area contributed by atoms with E-state index in [4.69, 9.17) is 0 Å². The Bertz CT molecular complexity index is 483. The van der Waals surface area contributed by atoms with Crippen molar-refractivity contribution in [2.75, 3.05) is 0 Å². The van der Waals surface area contributed by atoms with Crippen LogP contribution in [-0.2, 0) is 0 Å². The third-order valence-corrected chi connectivity index (χ3v) is 3.77. The van der Waals surface area contributed by atoms with Crippen molar-refractivity contribution < 1.29 is 0 Å². The summed E-state index contributed by atoms with van der Waals surface area (Å²) in [6, 6.07) is 15.3. The van der Waals surface area contributed by atoms with Crippen molar-refractivity contribution in [3.8, 4) is 0 Å². The summed E-state index contributed by atoms with van der Waals surface area (Å²) in [5.74, 6) is 0. The second-order valence-electron chi connectivity index (χ2n) is 4.18. The van der Waals surface area contributed by atoms with E-state index < -0.39 is 0 Å². The molecule has 0 nitrogen and oxygen atoms in total. The van der Waals surface area contributed by atoms with E-state index >= 15 is 0 Å². The van der Waals surface area contributed by atoms with Crippen LogP contribution in [0.1, 0.15) is 16.7 Å². The summed E-state index contributed by atoms with van der Waals surface area (Å²) in [5, 5.41) is 0. The van der Waals surface area contributed by atoms with Crippen LogP contribution in [-0.4, -0.2) is 0 Å². The molecule has 0 N–H and O–H groups in total. The van der Waals surface area contributed by atoms with Crippen molar-refractivity contribution in [1.82, 2.24) is 0 Å². The van der Waals surface area contributed by atoms with Gasteiger partial charge in [-0.05, 0) is 44.5 Å². The van der Waals surface area contributed by atoms with Gasteiger partial charge >= 0.3 is 0 Å². The molecule has 0 fully saturated rings. The van der Waals surface area contributed by atoms with E-state index in [0.717, 1.165) is 0 Å². The van der Waals surface area contributed by atoms with Gasteiger partial charge in [-0.2, -0.15) is 0 Å². The molecule has 0 spiro atoms. The molecule has 0 amide bonds. The van der Waals surface area contributed by atoms with Crippen molar-refractivity contribution >= 4 is 11.8 Å². The van der Waals surface area contributed by atoms with E-state index in [1.165, 1.54) is 26.5 Å². The molecule has 0 radical (unpaired) electrons. The Morgan fingerprint density at radius 3 is 2.00 bits per heavy atom. The highest BCUT2D eigenvalue weighted by Crippen LogP contribution is 2.30. The fourth-order valence-electron chi connectivity index (χ4n) is 1.65. The molecule has 0 bridgehead atoms. The van der Waals surface area contributed by atoms with Gasteiger partial charge in [0.25, 0.3) is 0 Å². The van der Waals surface area contributed by atoms with Gasteiger partial charge in [-0.15, -0.1) is 0 Å². The predicted octanol–water partition coefficient (Wildman–Crippen LogP) is 4.76. The lowest BCUT2D eigenvalue weighted by molar-refractivity contribution is 1.25. The van der Waals surface area contributed by atoms with E-state index in [2.05, 4.69) is 63.2 Å². The summed E-state index contributed by atoms with van der Waals surface area (Å²) >= 11 is 1.83. The van der Waals surface area contributed by atoms with Gasteiger partial charge in [-0.1, -0.05) is 47.2 Å². The summed E-state index contributed by atoms with van der Waals surface area (Å²) in [5.41, 5.74) is 3.99. The average Bonchev–Trinajstić information content (AvgIpc) is 2.25. The van der Waals surface area contributed by atoms with Crippen molar-refractivity contribution in [2.45, 2.75) is 30.6 Å². The SMILES string of the molecule is Cc1ccc(Sc2ccc(C)cc2C)cc1. The first-order valence-electron chi connectivity index (χ1n) is 5.47. The number of rotatable bonds is 2. The standard InChI is InChI=1S/C15H16S/c1-11-4-7-14(8-5-11)16-15-9-6-12(2)10-13(15)3/h4-10H,1-3H3. The molecule has 0 aliphatic carbocycles. The van der Waals surface area contributed by atoms with Crippen LogP contribution in [0.15, 0.2) is 52.3 Å². The molecular weight excluding hydrogens is 212 g/mol. The van der Waals surface area contributed by atoms with Gasteiger partial charge in [-0.25, -0.2) is 0 Å². The lowest BCUT2D eigenvalue weighted by Gasteiger charge is -2.06. The van der Waals surface area contributed by atoms with Crippen LogP contribution in [0.5, 0.6) is 0 Å². The van der Waals surface area contributed by atoms with Crippen LogP contribution in [0.25, 0.3) is 0 Å². The normalized spacial score (nSPS) is 10.4. The zero-order valence-electron chi connectivity index (χ0n) is 9.95. The molecule has 0 atom stereocenters. The van der Waals surface area contributed by atoms with Crippen molar-refractivity contribution in [3.05, 3.63) is 59.2 Å². The van der Waals surface area contributed by atoms with Crippen molar-refractivity contribution in [3.63, 3.8) is 0 Å². The number of benzene rings is 2. The van der Waals surface area contributed by atoms with E-state index in [9.17, 15) is 0 Å². The Hall–Kier alpha value is -1.21. The second-order valence-corrected chi connectivity index (χ2v) is 5.30. The molecule has 0 aliphatic rings. The first kappa shape index (κ1) is 11.3. The Labute approximate surface area is 102 Å². The van der Waals surface area contributed by atoms with Gasteiger partial charge in [0, 0.05) is 9.79 Å². The highest BCUT2D eigenvalue weighted by atomic mass is 32.2. The maximum absolute atomic E-state index is 2.23. The maximum atomic E-state index is 2.23. The van der Waals surface area contributed by atoms with Gasteiger partial charge in [0.2, 0.25) is 0 Å². The molecule has 0 saturated heterocycles. The smallest absolute Gasteiger partial charge is 0.0151 e. The van der Waals surface area contributed by atoms with Gasteiger partial charge in [0.05, 0.1) is 0 Å². The molecule has 2 rings (SSSR count). The summed E-state index contributed by atoms with van der Waals surface area (Å²) in [4.78, 5) is 2.65. The van der Waals surface area contributed by atoms with Crippen molar-refractivity contribution in [1.29, 1.82) is 0 Å². The second kappa shape index (κ2) is 4.75. The van der Waals surface area contributed by atoms with Crippen LogP contribution in [0.4, 0.5) is 0 Å². The Balaban J connectivity index is 2.23. The van der Waals surface area contributed by atoms with E-state index in [0.29, 0.717) is 0 Å². The van der Waals surface area contributed by atoms with E-state index in [-0.39, 0.29) is 0 Å². The van der Waals surface area contributed by atoms with Crippen LogP contribution in [0.2, 0.25) is 0 Å². The Kier molecular flexibility index (Phi) is 3.35. The number of hydrogen-bond donors (Lipinski definition) is 0. The molecule has 0 aromatic heterocycles. The zero-order valence-corrected chi connectivity index (χ0v) is 10.8. The predicted molar refractivity (Wildman–Crippen MR) is 71.2 cm³/mol. The summed E-state index contributed by atoms with van der Waals surface area (Å²) in [6.07, 6.45) is 0. The first-order valence-corrected chi connectivity index (χ1v) is 6.28. The molecular formula is C15H16S. The first-order chi connectivity index (χ1) is 7.65. The Morgan fingerprint density at radius 1 is 0.750 bits per heavy atom. The van der Waals surface area contributed by atoms with E-state index in [1.54, 1.807) is 0 Å². The minimum Gasteiger partial charge on any atom is -0.0898 e. The molecule has 2 aromatic carbocycles.